The van der Waals surface area contributed by atoms with Gasteiger partial charge in [0, 0.05) is 29.5 Å². The van der Waals surface area contributed by atoms with Crippen molar-refractivity contribution in [3.8, 4) is 5.75 Å². The van der Waals surface area contributed by atoms with E-state index in [1.165, 1.54) is 18.2 Å². The normalized spacial score (nSPS) is 11.1. The fraction of sp³-hybridized carbons (Fsp3) is 0.143. The van der Waals surface area contributed by atoms with Gasteiger partial charge in [-0.05, 0) is 61.0 Å². The Morgan fingerprint density at radius 2 is 1.90 bits per heavy atom. The molecule has 0 aliphatic heterocycles. The van der Waals surface area contributed by atoms with Crippen molar-refractivity contribution in [2.24, 2.45) is 0 Å². The number of ether oxygens (including phenoxy) is 1. The van der Waals surface area contributed by atoms with Crippen LogP contribution in [0.2, 0.25) is 5.02 Å². The first kappa shape index (κ1) is 21.8. The van der Waals surface area contributed by atoms with Crippen LogP contribution in [0.3, 0.4) is 0 Å². The molecule has 0 saturated heterocycles. The summed E-state index contributed by atoms with van der Waals surface area (Å²) in [6.45, 7) is 2.25. The fourth-order valence-electron chi connectivity index (χ4n) is 2.62. The number of hydrogen-bond acceptors (Lipinski definition) is 5. The van der Waals surface area contributed by atoms with Gasteiger partial charge in [-0.3, -0.25) is 9.78 Å². The van der Waals surface area contributed by atoms with Crippen molar-refractivity contribution in [3.05, 3.63) is 83.1 Å². The third-order valence-corrected chi connectivity index (χ3v) is 5.76. The molecule has 0 bridgehead atoms. The zero-order chi connectivity index (χ0) is 21.6. The highest BCUT2D eigenvalue weighted by Crippen LogP contribution is 2.28. The summed E-state index contributed by atoms with van der Waals surface area (Å²) in [7, 11) is -3.82. The lowest BCUT2D eigenvalue weighted by atomic mass is 10.2. The molecule has 0 unspecified atom stereocenters. The van der Waals surface area contributed by atoms with Gasteiger partial charge in [0.15, 0.2) is 0 Å². The number of pyridine rings is 1. The van der Waals surface area contributed by atoms with Gasteiger partial charge in [-0.1, -0.05) is 17.7 Å². The van der Waals surface area contributed by atoms with Crippen LogP contribution in [0.4, 0.5) is 5.69 Å². The summed E-state index contributed by atoms with van der Waals surface area (Å²) >= 11 is 5.86. The Morgan fingerprint density at radius 1 is 1.13 bits per heavy atom. The second-order valence-electron chi connectivity index (χ2n) is 6.24. The third-order valence-electron chi connectivity index (χ3n) is 4.10. The second kappa shape index (κ2) is 9.71. The van der Waals surface area contributed by atoms with Crippen LogP contribution in [-0.4, -0.2) is 25.9 Å². The summed E-state index contributed by atoms with van der Waals surface area (Å²) in [6, 6.07) is 14.2. The van der Waals surface area contributed by atoms with Crippen LogP contribution in [0.25, 0.3) is 0 Å². The van der Waals surface area contributed by atoms with E-state index in [1.54, 1.807) is 55.7 Å². The molecule has 0 atom stereocenters. The van der Waals surface area contributed by atoms with Crippen molar-refractivity contribution in [3.63, 3.8) is 0 Å². The van der Waals surface area contributed by atoms with Crippen LogP contribution in [-0.2, 0) is 16.6 Å². The molecule has 2 aromatic carbocycles. The lowest BCUT2D eigenvalue weighted by Crippen LogP contribution is -2.23. The molecule has 3 aromatic rings. The van der Waals surface area contributed by atoms with E-state index in [0.29, 0.717) is 22.9 Å². The second-order valence-corrected chi connectivity index (χ2v) is 8.44. The number of nitrogens with zero attached hydrogens (tertiary/aromatic N) is 1. The monoisotopic (exact) mass is 445 g/mol. The molecule has 1 heterocycles. The van der Waals surface area contributed by atoms with Crippen LogP contribution in [0, 0.1) is 0 Å². The Bertz CT molecular complexity index is 1120. The van der Waals surface area contributed by atoms with Crippen LogP contribution < -0.4 is 14.8 Å². The first-order valence-electron chi connectivity index (χ1n) is 9.11. The number of nitrogens with one attached hydrogen (secondary N) is 2. The standard InChI is InChI=1S/C21H20ClN3O4S/c1-2-29-20-10-9-18(30(27,28)24-14-15-4-3-11-23-13-15)12-19(20)25-21(26)16-5-7-17(22)8-6-16/h3-13,24H,2,14H2,1H3,(H,25,26). The van der Waals surface area contributed by atoms with E-state index in [9.17, 15) is 13.2 Å². The fourth-order valence-corrected chi connectivity index (χ4v) is 3.78. The molecule has 1 amide bonds. The molecule has 0 radical (unpaired) electrons. The number of amides is 1. The van der Waals surface area contributed by atoms with Crippen LogP contribution in [0.15, 0.2) is 71.9 Å². The Morgan fingerprint density at radius 3 is 2.57 bits per heavy atom. The molecule has 1 aromatic heterocycles. The highest BCUT2D eigenvalue weighted by molar-refractivity contribution is 7.89. The average Bonchev–Trinajstić information content (AvgIpc) is 2.75. The SMILES string of the molecule is CCOc1ccc(S(=O)(=O)NCc2cccnc2)cc1NC(=O)c1ccc(Cl)cc1. The van der Waals surface area contributed by atoms with Gasteiger partial charge in [0.25, 0.3) is 5.91 Å². The zero-order valence-electron chi connectivity index (χ0n) is 16.1. The number of carbonyl (C=O) groups is 1. The molecule has 3 rings (SSSR count). The van der Waals surface area contributed by atoms with Crippen LogP contribution in [0.5, 0.6) is 5.75 Å². The minimum atomic E-state index is -3.82. The van der Waals surface area contributed by atoms with Crippen LogP contribution in [0.1, 0.15) is 22.8 Å². The van der Waals surface area contributed by atoms with E-state index in [4.69, 9.17) is 16.3 Å². The van der Waals surface area contributed by atoms with Gasteiger partial charge in [-0.2, -0.15) is 0 Å². The van der Waals surface area contributed by atoms with Gasteiger partial charge in [0.1, 0.15) is 5.75 Å². The molecule has 0 fully saturated rings. The van der Waals surface area contributed by atoms with Crippen molar-refractivity contribution in [2.75, 3.05) is 11.9 Å². The van der Waals surface area contributed by atoms with Crippen LogP contribution >= 0.6 is 11.6 Å². The zero-order valence-corrected chi connectivity index (χ0v) is 17.7. The van der Waals surface area contributed by atoms with Gasteiger partial charge in [0.05, 0.1) is 17.2 Å². The minimum absolute atomic E-state index is 0.00116. The maximum Gasteiger partial charge on any atom is 0.255 e. The van der Waals surface area contributed by atoms with Gasteiger partial charge in [-0.25, -0.2) is 13.1 Å². The van der Waals surface area contributed by atoms with Gasteiger partial charge in [0.2, 0.25) is 10.0 Å². The number of halogens is 1. The first-order chi connectivity index (χ1) is 14.4. The molecule has 30 heavy (non-hydrogen) atoms. The van der Waals surface area contributed by atoms with E-state index < -0.39 is 15.9 Å². The lowest BCUT2D eigenvalue weighted by Gasteiger charge is -2.14. The van der Waals surface area contributed by atoms with E-state index in [2.05, 4.69) is 15.0 Å². The number of carbonyl (C=O) groups excluding carboxylic acids is 1. The average molecular weight is 446 g/mol. The summed E-state index contributed by atoms with van der Waals surface area (Å²) < 4.78 is 33.5. The van der Waals surface area contributed by atoms with Crippen molar-refractivity contribution < 1.29 is 17.9 Å². The maximum atomic E-state index is 12.7. The van der Waals surface area contributed by atoms with E-state index in [1.807, 2.05) is 0 Å². The summed E-state index contributed by atoms with van der Waals surface area (Å²) in [5, 5.41) is 3.22. The summed E-state index contributed by atoms with van der Waals surface area (Å²) in [4.78, 5) is 16.5. The topological polar surface area (TPSA) is 97.4 Å². The minimum Gasteiger partial charge on any atom is -0.492 e. The predicted octanol–water partition coefficient (Wildman–Crippen LogP) is 3.86. The van der Waals surface area contributed by atoms with Crippen molar-refractivity contribution in [1.82, 2.24) is 9.71 Å². The number of hydrogen-bond donors (Lipinski definition) is 2. The largest absolute Gasteiger partial charge is 0.492 e. The first-order valence-corrected chi connectivity index (χ1v) is 11.0. The number of anilines is 1. The van der Waals surface area contributed by atoms with Gasteiger partial charge < -0.3 is 10.1 Å². The predicted molar refractivity (Wildman–Crippen MR) is 115 cm³/mol. The number of rotatable bonds is 8. The molecule has 0 saturated carbocycles. The highest BCUT2D eigenvalue weighted by atomic mass is 35.5. The van der Waals surface area contributed by atoms with E-state index in [0.717, 1.165) is 5.56 Å². The molecular formula is C21H20ClN3O4S. The lowest BCUT2D eigenvalue weighted by molar-refractivity contribution is 0.102. The Kier molecular flexibility index (Phi) is 7.04. The Labute approximate surface area is 180 Å². The van der Waals surface area contributed by atoms with Crippen molar-refractivity contribution >= 4 is 33.2 Å². The van der Waals surface area contributed by atoms with E-state index in [-0.39, 0.29) is 17.1 Å². The molecule has 0 aliphatic carbocycles. The summed E-state index contributed by atoms with van der Waals surface area (Å²) in [6.07, 6.45) is 3.19. The summed E-state index contributed by atoms with van der Waals surface area (Å²) in [5.41, 5.74) is 1.36. The van der Waals surface area contributed by atoms with Crippen molar-refractivity contribution in [1.29, 1.82) is 0 Å². The molecule has 0 aliphatic rings. The Hall–Kier alpha value is -2.94. The third kappa shape index (κ3) is 5.56. The smallest absolute Gasteiger partial charge is 0.255 e. The summed E-state index contributed by atoms with van der Waals surface area (Å²) in [5.74, 6) is -0.0449. The van der Waals surface area contributed by atoms with Gasteiger partial charge >= 0.3 is 0 Å². The molecule has 156 valence electrons. The molecule has 2 N–H and O–H groups in total. The number of benzene rings is 2. The molecule has 9 heteroatoms. The molecular weight excluding hydrogens is 426 g/mol. The quantitative estimate of drug-likeness (QED) is 0.548. The number of aromatic nitrogens is 1. The number of sulfonamides is 1. The Balaban J connectivity index is 1.84. The van der Waals surface area contributed by atoms with E-state index >= 15 is 0 Å². The maximum absolute atomic E-state index is 12.7. The molecule has 7 nitrogen and oxygen atoms in total. The highest BCUT2D eigenvalue weighted by Gasteiger charge is 2.18. The molecule has 0 spiro atoms. The van der Waals surface area contributed by atoms with Gasteiger partial charge in [-0.15, -0.1) is 0 Å². The van der Waals surface area contributed by atoms with Crippen molar-refractivity contribution in [2.45, 2.75) is 18.4 Å².